The molecule has 0 radical (unpaired) electrons. The van der Waals surface area contributed by atoms with Gasteiger partial charge in [0.25, 0.3) is 5.91 Å². The van der Waals surface area contributed by atoms with Crippen LogP contribution in [0.15, 0.2) is 30.6 Å². The van der Waals surface area contributed by atoms with Crippen molar-refractivity contribution in [3.63, 3.8) is 0 Å². The van der Waals surface area contributed by atoms with E-state index >= 15 is 0 Å². The van der Waals surface area contributed by atoms with Crippen LogP contribution in [0.4, 0.5) is 0 Å². The van der Waals surface area contributed by atoms with Crippen molar-refractivity contribution in [2.24, 2.45) is 0 Å². The molecule has 0 saturated carbocycles. The van der Waals surface area contributed by atoms with E-state index in [0.717, 1.165) is 6.42 Å². The zero-order valence-electron chi connectivity index (χ0n) is 10.3. The van der Waals surface area contributed by atoms with Gasteiger partial charge >= 0.3 is 0 Å². The van der Waals surface area contributed by atoms with Gasteiger partial charge in [0.2, 0.25) is 0 Å². The van der Waals surface area contributed by atoms with Crippen molar-refractivity contribution in [1.82, 2.24) is 15.3 Å². The molecule has 100 valence electrons. The smallest absolute Gasteiger partial charge is 0.253 e. The summed E-state index contributed by atoms with van der Waals surface area (Å²) >= 11 is 11.9. The van der Waals surface area contributed by atoms with Gasteiger partial charge in [0.1, 0.15) is 5.82 Å². The van der Waals surface area contributed by atoms with Crippen LogP contribution in [0.2, 0.25) is 10.0 Å². The van der Waals surface area contributed by atoms with Gasteiger partial charge in [0.05, 0.1) is 16.6 Å². The monoisotopic (exact) mass is 297 g/mol. The lowest BCUT2D eigenvalue weighted by molar-refractivity contribution is 0.0934. The van der Waals surface area contributed by atoms with E-state index in [4.69, 9.17) is 23.2 Å². The molecule has 2 N–H and O–H groups in total. The van der Waals surface area contributed by atoms with Crippen molar-refractivity contribution in [1.29, 1.82) is 0 Å². The number of aromatic amines is 1. The van der Waals surface area contributed by atoms with Crippen LogP contribution in [-0.2, 0) is 0 Å². The number of H-pyrrole nitrogens is 1. The molecular weight excluding hydrogens is 285 g/mol. The fraction of sp³-hybridized carbons (Fsp3) is 0.231. The minimum atomic E-state index is -0.268. The maximum absolute atomic E-state index is 12.2. The van der Waals surface area contributed by atoms with Gasteiger partial charge in [-0.2, -0.15) is 0 Å². The largest absolute Gasteiger partial charge is 0.347 e. The minimum Gasteiger partial charge on any atom is -0.347 e. The summed E-state index contributed by atoms with van der Waals surface area (Å²) in [5.74, 6) is 0.449. The summed E-state index contributed by atoms with van der Waals surface area (Å²) in [4.78, 5) is 19.3. The third kappa shape index (κ3) is 3.28. The number of rotatable bonds is 4. The van der Waals surface area contributed by atoms with E-state index in [-0.39, 0.29) is 11.9 Å². The standard InChI is InChI=1S/C13H13Cl2N3O/c1-2-11(12-16-5-6-17-12)18-13(19)9-7-8(14)3-4-10(9)15/h3-7,11H,2H2,1H3,(H,16,17)(H,18,19). The molecule has 0 aliphatic carbocycles. The van der Waals surface area contributed by atoms with Crippen LogP contribution in [-0.4, -0.2) is 15.9 Å². The predicted molar refractivity (Wildman–Crippen MR) is 75.5 cm³/mol. The van der Waals surface area contributed by atoms with Gasteiger partial charge in [0, 0.05) is 17.4 Å². The number of carbonyl (C=O) groups is 1. The Morgan fingerprint density at radius 2 is 2.26 bits per heavy atom. The Morgan fingerprint density at radius 1 is 1.47 bits per heavy atom. The van der Waals surface area contributed by atoms with Gasteiger partial charge in [-0.25, -0.2) is 4.98 Å². The number of nitrogens with one attached hydrogen (secondary N) is 2. The molecule has 0 spiro atoms. The highest BCUT2D eigenvalue weighted by atomic mass is 35.5. The van der Waals surface area contributed by atoms with Gasteiger partial charge in [-0.05, 0) is 24.6 Å². The SMILES string of the molecule is CCC(NC(=O)c1cc(Cl)ccc1Cl)c1ncc[nH]1. The average Bonchev–Trinajstić information content (AvgIpc) is 2.92. The second-order valence-corrected chi connectivity index (χ2v) is 4.88. The van der Waals surface area contributed by atoms with E-state index in [2.05, 4.69) is 15.3 Å². The molecule has 1 atom stereocenters. The first-order valence-electron chi connectivity index (χ1n) is 5.87. The first kappa shape index (κ1) is 13.9. The molecule has 19 heavy (non-hydrogen) atoms. The fourth-order valence-corrected chi connectivity index (χ4v) is 2.11. The quantitative estimate of drug-likeness (QED) is 0.906. The molecule has 0 aliphatic heterocycles. The highest BCUT2D eigenvalue weighted by Gasteiger charge is 2.18. The molecule has 2 aromatic rings. The Hall–Kier alpha value is -1.52. The van der Waals surface area contributed by atoms with Crippen LogP contribution < -0.4 is 5.32 Å². The Labute approximate surface area is 121 Å². The van der Waals surface area contributed by atoms with Crippen LogP contribution in [0, 0.1) is 0 Å². The molecule has 1 heterocycles. The van der Waals surface area contributed by atoms with Crippen molar-refractivity contribution in [3.8, 4) is 0 Å². The third-order valence-electron chi connectivity index (χ3n) is 2.74. The molecule has 0 aliphatic rings. The Kier molecular flexibility index (Phi) is 4.45. The molecule has 6 heteroatoms. The molecular formula is C13H13Cl2N3O. The van der Waals surface area contributed by atoms with Gasteiger partial charge in [-0.1, -0.05) is 30.1 Å². The summed E-state index contributed by atoms with van der Waals surface area (Å²) in [5.41, 5.74) is 0.360. The van der Waals surface area contributed by atoms with Crippen molar-refractivity contribution >= 4 is 29.1 Å². The van der Waals surface area contributed by atoms with E-state index in [9.17, 15) is 4.79 Å². The lowest BCUT2D eigenvalue weighted by Crippen LogP contribution is -2.29. The topological polar surface area (TPSA) is 57.8 Å². The van der Waals surface area contributed by atoms with Crippen molar-refractivity contribution in [2.45, 2.75) is 19.4 Å². The molecule has 1 amide bonds. The lowest BCUT2D eigenvalue weighted by Gasteiger charge is -2.15. The summed E-state index contributed by atoms with van der Waals surface area (Å²) in [7, 11) is 0. The minimum absolute atomic E-state index is 0.183. The molecule has 0 fully saturated rings. The number of benzene rings is 1. The number of hydrogen-bond donors (Lipinski definition) is 2. The molecule has 0 bridgehead atoms. The van der Waals surface area contributed by atoms with Gasteiger partial charge in [-0.3, -0.25) is 4.79 Å². The summed E-state index contributed by atoms with van der Waals surface area (Å²) in [6.07, 6.45) is 4.09. The molecule has 2 rings (SSSR count). The van der Waals surface area contributed by atoms with Crippen molar-refractivity contribution in [2.75, 3.05) is 0 Å². The Balaban J connectivity index is 2.18. The molecule has 4 nitrogen and oxygen atoms in total. The van der Waals surface area contributed by atoms with Gasteiger partial charge < -0.3 is 10.3 Å². The van der Waals surface area contributed by atoms with E-state index < -0.39 is 0 Å². The second-order valence-electron chi connectivity index (χ2n) is 4.03. The first-order chi connectivity index (χ1) is 9.11. The van der Waals surface area contributed by atoms with Gasteiger partial charge in [-0.15, -0.1) is 0 Å². The highest BCUT2D eigenvalue weighted by molar-refractivity contribution is 6.35. The summed E-state index contributed by atoms with van der Waals surface area (Å²) in [6, 6.07) is 4.61. The first-order valence-corrected chi connectivity index (χ1v) is 6.62. The average molecular weight is 298 g/mol. The van der Waals surface area contributed by atoms with Crippen LogP contribution >= 0.6 is 23.2 Å². The predicted octanol–water partition coefficient (Wildman–Crippen LogP) is 3.60. The number of hydrogen-bond acceptors (Lipinski definition) is 2. The molecule has 1 unspecified atom stereocenters. The van der Waals surface area contributed by atoms with E-state index in [1.54, 1.807) is 30.6 Å². The van der Waals surface area contributed by atoms with Crippen LogP contribution in [0.5, 0.6) is 0 Å². The molecule has 1 aromatic carbocycles. The summed E-state index contributed by atoms with van der Waals surface area (Å²) < 4.78 is 0. The maximum atomic E-state index is 12.2. The van der Waals surface area contributed by atoms with Crippen LogP contribution in [0.1, 0.15) is 35.6 Å². The fourth-order valence-electron chi connectivity index (χ4n) is 1.74. The molecule has 1 aromatic heterocycles. The summed E-state index contributed by atoms with van der Waals surface area (Å²) in [6.45, 7) is 1.97. The number of aromatic nitrogens is 2. The Morgan fingerprint density at radius 3 is 2.89 bits per heavy atom. The zero-order valence-corrected chi connectivity index (χ0v) is 11.8. The number of imidazole rings is 1. The van der Waals surface area contributed by atoms with Crippen LogP contribution in [0.25, 0.3) is 0 Å². The van der Waals surface area contributed by atoms with E-state index in [1.165, 1.54) is 0 Å². The number of amides is 1. The number of carbonyl (C=O) groups excluding carboxylic acids is 1. The number of nitrogens with zero attached hydrogens (tertiary/aromatic N) is 1. The normalized spacial score (nSPS) is 12.2. The van der Waals surface area contributed by atoms with E-state index in [1.807, 2.05) is 6.92 Å². The van der Waals surface area contributed by atoms with E-state index in [0.29, 0.717) is 21.4 Å². The van der Waals surface area contributed by atoms with Crippen LogP contribution in [0.3, 0.4) is 0 Å². The maximum Gasteiger partial charge on any atom is 0.253 e. The summed E-state index contributed by atoms with van der Waals surface area (Å²) in [5, 5.41) is 3.72. The Bertz CT molecular complexity index is 569. The van der Waals surface area contributed by atoms with Gasteiger partial charge in [0.15, 0.2) is 0 Å². The highest BCUT2D eigenvalue weighted by Crippen LogP contribution is 2.22. The van der Waals surface area contributed by atoms with Crippen molar-refractivity contribution < 1.29 is 4.79 Å². The number of halogens is 2. The third-order valence-corrected chi connectivity index (χ3v) is 3.30. The zero-order chi connectivity index (χ0) is 13.8. The molecule has 0 saturated heterocycles. The van der Waals surface area contributed by atoms with Crippen molar-refractivity contribution in [3.05, 3.63) is 52.0 Å². The lowest BCUT2D eigenvalue weighted by atomic mass is 10.1. The second kappa shape index (κ2) is 6.08.